The van der Waals surface area contributed by atoms with E-state index >= 15 is 0 Å². The number of aromatic nitrogens is 2. The van der Waals surface area contributed by atoms with E-state index in [1.165, 1.54) is 6.26 Å². The van der Waals surface area contributed by atoms with Gasteiger partial charge in [-0.2, -0.15) is 0 Å². The molecule has 29 heavy (non-hydrogen) atoms. The summed E-state index contributed by atoms with van der Waals surface area (Å²) in [5.41, 5.74) is 3.46. The molecule has 0 fully saturated rings. The Morgan fingerprint density at radius 3 is 2.66 bits per heavy atom. The minimum atomic E-state index is -3.24. The van der Waals surface area contributed by atoms with Gasteiger partial charge in [0.05, 0.1) is 17.1 Å². The fourth-order valence-electron chi connectivity index (χ4n) is 3.29. The molecule has 4 rings (SSSR count). The summed E-state index contributed by atoms with van der Waals surface area (Å²) in [5.74, 6) is 0.572. The van der Waals surface area contributed by atoms with E-state index in [1.807, 2.05) is 18.2 Å². The van der Waals surface area contributed by atoms with Crippen LogP contribution in [-0.4, -0.2) is 42.8 Å². The predicted octanol–water partition coefficient (Wildman–Crippen LogP) is 2.65. The molecule has 1 aromatic heterocycles. The number of hydrogen-bond acceptors (Lipinski definition) is 7. The zero-order valence-corrected chi connectivity index (χ0v) is 17.5. The van der Waals surface area contributed by atoms with Crippen LogP contribution in [0, 0.1) is 6.92 Å². The highest BCUT2D eigenvalue weighted by Gasteiger charge is 2.26. The number of rotatable bonds is 5. The molecule has 3 aromatic rings. The molecule has 7 nitrogen and oxygen atoms in total. The summed E-state index contributed by atoms with van der Waals surface area (Å²) in [6, 6.07) is 12.7. The number of ether oxygens (including phenoxy) is 1. The smallest absolute Gasteiger partial charge is 0.265 e. The van der Waals surface area contributed by atoms with E-state index in [0.717, 1.165) is 34.0 Å². The molecule has 1 atom stereocenters. The summed E-state index contributed by atoms with van der Waals surface area (Å²) in [7, 11) is -3.24. The van der Waals surface area contributed by atoms with Gasteiger partial charge in [0.1, 0.15) is 16.7 Å². The van der Waals surface area contributed by atoms with Crippen molar-refractivity contribution < 1.29 is 17.9 Å². The quantitative estimate of drug-likeness (QED) is 0.670. The predicted molar refractivity (Wildman–Crippen MR) is 110 cm³/mol. The maximum atomic E-state index is 12.3. The summed E-state index contributed by atoms with van der Waals surface area (Å²) >= 11 is 1.07. The molecule has 2 aromatic carbocycles. The zero-order valence-electron chi connectivity index (χ0n) is 15.9. The first-order valence-electron chi connectivity index (χ1n) is 8.99. The van der Waals surface area contributed by atoms with E-state index in [4.69, 9.17) is 4.74 Å². The largest absolute Gasteiger partial charge is 0.487 e. The summed E-state index contributed by atoms with van der Waals surface area (Å²) in [6.07, 6.45) is 1.70. The Labute approximate surface area is 172 Å². The lowest BCUT2D eigenvalue weighted by Crippen LogP contribution is -2.34. The van der Waals surface area contributed by atoms with Gasteiger partial charge in [-0.3, -0.25) is 4.79 Å². The number of para-hydroxylation sites is 1. The van der Waals surface area contributed by atoms with Crippen molar-refractivity contribution in [1.82, 2.24) is 14.9 Å². The van der Waals surface area contributed by atoms with E-state index in [9.17, 15) is 13.2 Å². The normalized spacial score (nSPS) is 15.6. The summed E-state index contributed by atoms with van der Waals surface area (Å²) in [4.78, 5) is 13.1. The Hall–Kier alpha value is -2.78. The molecule has 9 heteroatoms. The van der Waals surface area contributed by atoms with E-state index in [2.05, 4.69) is 14.9 Å². The second-order valence-electron chi connectivity index (χ2n) is 6.93. The summed E-state index contributed by atoms with van der Waals surface area (Å²) in [5, 5.41) is 6.74. The van der Waals surface area contributed by atoms with Gasteiger partial charge in [-0.1, -0.05) is 34.8 Å². The number of aryl methyl sites for hydroxylation is 1. The van der Waals surface area contributed by atoms with Crippen molar-refractivity contribution in [3.63, 3.8) is 0 Å². The first kappa shape index (κ1) is 19.5. The SMILES string of the molecule is Cc1nnsc1C(=O)NC[C@H]1Cc2cccc(-c3ccc(S(C)(=O)=O)cc3)c2O1. The summed E-state index contributed by atoms with van der Waals surface area (Å²) < 4.78 is 33.3. The van der Waals surface area contributed by atoms with Crippen molar-refractivity contribution in [3.05, 3.63) is 58.6 Å². The number of fused-ring (bicyclic) bond motifs is 1. The van der Waals surface area contributed by atoms with Crippen LogP contribution in [0.1, 0.15) is 20.9 Å². The van der Waals surface area contributed by atoms with Crippen molar-refractivity contribution in [2.24, 2.45) is 0 Å². The zero-order chi connectivity index (χ0) is 20.6. The van der Waals surface area contributed by atoms with Gasteiger partial charge in [-0.05, 0) is 41.7 Å². The molecular weight excluding hydrogens is 410 g/mol. The van der Waals surface area contributed by atoms with Crippen LogP contribution in [0.2, 0.25) is 0 Å². The van der Waals surface area contributed by atoms with Crippen LogP contribution in [-0.2, 0) is 16.3 Å². The number of benzene rings is 2. The molecule has 0 aliphatic carbocycles. The number of amides is 1. The molecule has 0 radical (unpaired) electrons. The Kier molecular flexibility index (Phi) is 5.10. The minimum absolute atomic E-state index is 0.174. The number of hydrogen-bond donors (Lipinski definition) is 1. The van der Waals surface area contributed by atoms with Crippen LogP contribution in [0.25, 0.3) is 11.1 Å². The number of nitrogens with zero attached hydrogens (tertiary/aromatic N) is 2. The molecule has 0 spiro atoms. The van der Waals surface area contributed by atoms with Crippen molar-refractivity contribution in [2.75, 3.05) is 12.8 Å². The molecule has 2 heterocycles. The third-order valence-electron chi connectivity index (χ3n) is 4.77. The first-order chi connectivity index (χ1) is 13.8. The molecule has 0 saturated heterocycles. The van der Waals surface area contributed by atoms with Gasteiger partial charge in [0.2, 0.25) is 0 Å². The lowest BCUT2D eigenvalue weighted by molar-refractivity contribution is 0.0937. The van der Waals surface area contributed by atoms with Gasteiger partial charge < -0.3 is 10.1 Å². The van der Waals surface area contributed by atoms with Crippen LogP contribution in [0.4, 0.5) is 0 Å². The average molecular weight is 430 g/mol. The molecule has 1 aliphatic rings. The van der Waals surface area contributed by atoms with Gasteiger partial charge in [-0.15, -0.1) is 5.10 Å². The lowest BCUT2D eigenvalue weighted by Gasteiger charge is -2.13. The van der Waals surface area contributed by atoms with Crippen LogP contribution < -0.4 is 10.1 Å². The average Bonchev–Trinajstić information content (AvgIpc) is 3.31. The molecule has 0 bridgehead atoms. The van der Waals surface area contributed by atoms with Gasteiger partial charge >= 0.3 is 0 Å². The fourth-order valence-corrected chi connectivity index (χ4v) is 4.49. The standard InChI is InChI=1S/C20H19N3O4S2/c1-12-19(28-23-22-12)20(24)21-11-15-10-14-4-3-5-17(18(14)27-15)13-6-8-16(9-7-13)29(2,25)26/h3-9,15H,10-11H2,1-2H3,(H,21,24)/t15-/m1/s1. The molecule has 1 N–H and O–H groups in total. The molecule has 150 valence electrons. The summed E-state index contributed by atoms with van der Waals surface area (Å²) in [6.45, 7) is 2.12. The lowest BCUT2D eigenvalue weighted by atomic mass is 10.0. The molecule has 1 aliphatic heterocycles. The highest BCUT2D eigenvalue weighted by atomic mass is 32.2. The highest BCUT2D eigenvalue weighted by molar-refractivity contribution is 7.90. The molecule has 0 saturated carbocycles. The van der Waals surface area contributed by atoms with Crippen molar-refractivity contribution in [2.45, 2.75) is 24.3 Å². The second kappa shape index (κ2) is 7.57. The van der Waals surface area contributed by atoms with Crippen molar-refractivity contribution >= 4 is 27.3 Å². The van der Waals surface area contributed by atoms with Crippen LogP contribution in [0.15, 0.2) is 47.4 Å². The van der Waals surface area contributed by atoms with Gasteiger partial charge in [0, 0.05) is 18.2 Å². The van der Waals surface area contributed by atoms with Crippen molar-refractivity contribution in [3.8, 4) is 16.9 Å². The maximum absolute atomic E-state index is 12.3. The third-order valence-corrected chi connectivity index (χ3v) is 6.73. The Morgan fingerprint density at radius 1 is 1.24 bits per heavy atom. The topological polar surface area (TPSA) is 98.3 Å². The maximum Gasteiger partial charge on any atom is 0.265 e. The number of sulfone groups is 1. The molecular formula is C20H19N3O4S2. The van der Waals surface area contributed by atoms with Crippen LogP contribution in [0.5, 0.6) is 5.75 Å². The fraction of sp³-hybridized carbons (Fsp3) is 0.250. The minimum Gasteiger partial charge on any atom is -0.487 e. The Balaban J connectivity index is 1.49. The Morgan fingerprint density at radius 2 is 2.00 bits per heavy atom. The van der Waals surface area contributed by atoms with E-state index < -0.39 is 9.84 Å². The van der Waals surface area contributed by atoms with Gasteiger partial charge in [0.25, 0.3) is 5.91 Å². The van der Waals surface area contributed by atoms with Crippen LogP contribution >= 0.6 is 11.5 Å². The van der Waals surface area contributed by atoms with Crippen molar-refractivity contribution in [1.29, 1.82) is 0 Å². The highest BCUT2D eigenvalue weighted by Crippen LogP contribution is 2.38. The second-order valence-corrected chi connectivity index (χ2v) is 9.70. The Bertz CT molecular complexity index is 1170. The van der Waals surface area contributed by atoms with Gasteiger partial charge in [-0.25, -0.2) is 8.42 Å². The monoisotopic (exact) mass is 429 g/mol. The van der Waals surface area contributed by atoms with Crippen LogP contribution in [0.3, 0.4) is 0 Å². The first-order valence-corrected chi connectivity index (χ1v) is 11.7. The molecule has 0 unspecified atom stereocenters. The van der Waals surface area contributed by atoms with E-state index in [1.54, 1.807) is 31.2 Å². The molecule has 1 amide bonds. The van der Waals surface area contributed by atoms with E-state index in [0.29, 0.717) is 23.5 Å². The number of carbonyl (C=O) groups is 1. The number of nitrogens with one attached hydrogen (secondary N) is 1. The number of carbonyl (C=O) groups excluding carboxylic acids is 1. The van der Waals surface area contributed by atoms with E-state index in [-0.39, 0.29) is 16.9 Å². The third kappa shape index (κ3) is 4.01. The van der Waals surface area contributed by atoms with Gasteiger partial charge in [0.15, 0.2) is 9.84 Å².